The molecule has 0 saturated heterocycles. The van der Waals surface area contributed by atoms with Crippen molar-refractivity contribution in [2.45, 2.75) is 57.5 Å². The first-order chi connectivity index (χ1) is 14.0. The van der Waals surface area contributed by atoms with E-state index in [1.54, 1.807) is 0 Å². The number of hydrogen-bond acceptors (Lipinski definition) is 2. The zero-order chi connectivity index (χ0) is 20.3. The average molecular weight is 392 g/mol. The molecule has 1 aliphatic rings. The Hall–Kier alpha value is -2.75. The molecule has 4 rings (SSSR count). The van der Waals surface area contributed by atoms with Crippen LogP contribution in [0.2, 0.25) is 0 Å². The quantitative estimate of drug-likeness (QED) is 0.514. The molecule has 0 amide bonds. The van der Waals surface area contributed by atoms with Crippen molar-refractivity contribution in [1.82, 2.24) is 4.98 Å². The molecule has 1 fully saturated rings. The Labute approximate surface area is 171 Å². The molecule has 1 heterocycles. The molecule has 3 aromatic rings. The Morgan fingerprint density at radius 3 is 2.59 bits per heavy atom. The number of aliphatic carboxylic acids is 1. The van der Waals surface area contributed by atoms with Crippen molar-refractivity contribution in [2.75, 3.05) is 0 Å². The fraction of sp³-hybridized carbons (Fsp3) is 0.400. The molecule has 1 unspecified atom stereocenters. The van der Waals surface area contributed by atoms with Crippen molar-refractivity contribution < 1.29 is 14.6 Å². The molecule has 0 radical (unpaired) electrons. The second-order valence-electron chi connectivity index (χ2n) is 8.36. The Morgan fingerprint density at radius 2 is 1.86 bits per heavy atom. The minimum Gasteiger partial charge on any atom is -0.483 e. The third-order valence-corrected chi connectivity index (χ3v) is 6.39. The number of nitrogens with one attached hydrogen (secondary N) is 1. The van der Waals surface area contributed by atoms with Gasteiger partial charge in [0.1, 0.15) is 11.4 Å². The van der Waals surface area contributed by atoms with Gasteiger partial charge < -0.3 is 14.8 Å². The van der Waals surface area contributed by atoms with Crippen molar-refractivity contribution in [3.05, 3.63) is 65.9 Å². The molecular formula is C25H29NO3. The molecule has 152 valence electrons. The van der Waals surface area contributed by atoms with Gasteiger partial charge in [-0.2, -0.15) is 0 Å². The van der Waals surface area contributed by atoms with E-state index < -0.39 is 11.6 Å². The summed E-state index contributed by atoms with van der Waals surface area (Å²) in [4.78, 5) is 14.1. The number of hydrogen-bond donors (Lipinski definition) is 2. The van der Waals surface area contributed by atoms with E-state index in [4.69, 9.17) is 9.84 Å². The maximum Gasteiger partial charge on any atom is 0.303 e. The first-order valence-corrected chi connectivity index (χ1v) is 10.6. The summed E-state index contributed by atoms with van der Waals surface area (Å²) in [6.45, 7) is 2.23. The number of carbonyl (C=O) groups is 1. The summed E-state index contributed by atoms with van der Waals surface area (Å²) in [6.07, 6.45) is 8.83. The fourth-order valence-corrected chi connectivity index (χ4v) is 4.61. The summed E-state index contributed by atoms with van der Waals surface area (Å²) in [7, 11) is 0. The van der Waals surface area contributed by atoms with Gasteiger partial charge in [-0.15, -0.1) is 0 Å². The predicted molar refractivity (Wildman–Crippen MR) is 115 cm³/mol. The van der Waals surface area contributed by atoms with E-state index in [-0.39, 0.29) is 6.42 Å². The lowest BCUT2D eigenvalue weighted by Gasteiger charge is -2.40. The molecule has 1 aromatic heterocycles. The van der Waals surface area contributed by atoms with Gasteiger partial charge in [-0.1, -0.05) is 43.5 Å². The van der Waals surface area contributed by atoms with Crippen LogP contribution in [-0.2, 0) is 16.8 Å². The van der Waals surface area contributed by atoms with Gasteiger partial charge in [0.05, 0.1) is 0 Å². The number of aryl methyl sites for hydroxylation is 1. The highest BCUT2D eigenvalue weighted by Crippen LogP contribution is 2.43. The van der Waals surface area contributed by atoms with Gasteiger partial charge in [0.15, 0.2) is 0 Å². The second-order valence-corrected chi connectivity index (χ2v) is 8.36. The SMILES string of the molecule is CC(Oc1ccc(CCC(=O)O)cc1)(c1ccc2cc[nH]c2c1)C1CCCCC1. The molecule has 0 aliphatic heterocycles. The molecule has 1 aliphatic carbocycles. The van der Waals surface area contributed by atoms with Gasteiger partial charge in [-0.3, -0.25) is 4.79 Å². The minimum atomic E-state index is -0.769. The zero-order valence-electron chi connectivity index (χ0n) is 17.0. The zero-order valence-corrected chi connectivity index (χ0v) is 17.0. The maximum absolute atomic E-state index is 10.8. The van der Waals surface area contributed by atoms with Gasteiger partial charge in [-0.05, 0) is 67.0 Å². The van der Waals surface area contributed by atoms with E-state index in [2.05, 4.69) is 36.2 Å². The molecular weight excluding hydrogens is 362 g/mol. The van der Waals surface area contributed by atoms with Crippen LogP contribution in [0.15, 0.2) is 54.7 Å². The summed E-state index contributed by atoms with van der Waals surface area (Å²) >= 11 is 0. The van der Waals surface area contributed by atoms with Crippen molar-refractivity contribution in [1.29, 1.82) is 0 Å². The van der Waals surface area contributed by atoms with E-state index in [1.807, 2.05) is 30.5 Å². The Kier molecular flexibility index (Phi) is 5.61. The summed E-state index contributed by atoms with van der Waals surface area (Å²) < 4.78 is 6.70. The lowest BCUT2D eigenvalue weighted by atomic mass is 9.74. The summed E-state index contributed by atoms with van der Waals surface area (Å²) in [5.74, 6) is 0.536. The van der Waals surface area contributed by atoms with E-state index in [1.165, 1.54) is 43.1 Å². The van der Waals surface area contributed by atoms with Gasteiger partial charge in [-0.25, -0.2) is 0 Å². The third kappa shape index (κ3) is 4.31. The van der Waals surface area contributed by atoms with Crippen LogP contribution in [0, 0.1) is 5.92 Å². The van der Waals surface area contributed by atoms with E-state index in [0.29, 0.717) is 12.3 Å². The van der Waals surface area contributed by atoms with Gasteiger partial charge >= 0.3 is 5.97 Å². The van der Waals surface area contributed by atoms with Crippen LogP contribution in [0.1, 0.15) is 56.6 Å². The Bertz CT molecular complexity index is 969. The highest BCUT2D eigenvalue weighted by atomic mass is 16.5. The van der Waals surface area contributed by atoms with Crippen LogP contribution in [-0.4, -0.2) is 16.1 Å². The largest absolute Gasteiger partial charge is 0.483 e. The number of aromatic nitrogens is 1. The number of benzene rings is 2. The lowest BCUT2D eigenvalue weighted by molar-refractivity contribution is -0.136. The topological polar surface area (TPSA) is 62.3 Å². The first-order valence-electron chi connectivity index (χ1n) is 10.6. The average Bonchev–Trinajstić information content (AvgIpc) is 3.22. The Balaban J connectivity index is 1.62. The second kappa shape index (κ2) is 8.32. The van der Waals surface area contributed by atoms with Crippen molar-refractivity contribution in [3.8, 4) is 5.75 Å². The van der Waals surface area contributed by atoms with Crippen LogP contribution in [0.25, 0.3) is 10.9 Å². The highest BCUT2D eigenvalue weighted by molar-refractivity contribution is 5.80. The fourth-order valence-electron chi connectivity index (χ4n) is 4.61. The van der Waals surface area contributed by atoms with Crippen molar-refractivity contribution in [3.63, 3.8) is 0 Å². The van der Waals surface area contributed by atoms with Crippen LogP contribution in [0.4, 0.5) is 0 Å². The number of aromatic amines is 1. The standard InChI is InChI=1S/C25H29NO3/c1-25(20-5-3-2-4-6-20,21-11-10-19-15-16-26-23(19)17-21)29-22-12-7-18(8-13-22)9-14-24(27)28/h7-8,10-13,15-17,20,26H,2-6,9,14H2,1H3,(H,27,28). The molecule has 0 spiro atoms. The third-order valence-electron chi connectivity index (χ3n) is 6.39. The molecule has 4 heteroatoms. The minimum absolute atomic E-state index is 0.149. The number of H-pyrrole nitrogens is 1. The van der Waals surface area contributed by atoms with Crippen LogP contribution < -0.4 is 4.74 Å². The van der Waals surface area contributed by atoms with Crippen molar-refractivity contribution in [2.24, 2.45) is 5.92 Å². The number of rotatable bonds is 7. The molecule has 1 atom stereocenters. The molecule has 29 heavy (non-hydrogen) atoms. The van der Waals surface area contributed by atoms with Crippen LogP contribution >= 0.6 is 0 Å². The Morgan fingerprint density at radius 1 is 1.10 bits per heavy atom. The van der Waals surface area contributed by atoms with Crippen molar-refractivity contribution >= 4 is 16.9 Å². The van der Waals surface area contributed by atoms with Crippen LogP contribution in [0.3, 0.4) is 0 Å². The molecule has 0 bridgehead atoms. The lowest BCUT2D eigenvalue weighted by Crippen LogP contribution is -2.39. The predicted octanol–water partition coefficient (Wildman–Crippen LogP) is 6.06. The van der Waals surface area contributed by atoms with Gasteiger partial charge in [0.25, 0.3) is 0 Å². The van der Waals surface area contributed by atoms with E-state index in [0.717, 1.165) is 16.8 Å². The summed E-state index contributed by atoms with van der Waals surface area (Å²) in [5, 5.41) is 10.1. The number of ether oxygens (including phenoxy) is 1. The smallest absolute Gasteiger partial charge is 0.303 e. The number of carboxylic acid groups (broad SMARTS) is 1. The number of carboxylic acids is 1. The highest BCUT2D eigenvalue weighted by Gasteiger charge is 2.39. The maximum atomic E-state index is 10.8. The molecule has 2 N–H and O–H groups in total. The molecule has 2 aromatic carbocycles. The van der Waals surface area contributed by atoms with E-state index in [9.17, 15) is 4.79 Å². The number of fused-ring (bicyclic) bond motifs is 1. The summed E-state index contributed by atoms with van der Waals surface area (Å²) in [6, 6.07) is 16.6. The van der Waals surface area contributed by atoms with Gasteiger partial charge in [0.2, 0.25) is 0 Å². The monoisotopic (exact) mass is 391 g/mol. The normalized spacial score (nSPS) is 17.1. The first kappa shape index (κ1) is 19.6. The van der Waals surface area contributed by atoms with Crippen LogP contribution in [0.5, 0.6) is 5.75 Å². The summed E-state index contributed by atoms with van der Waals surface area (Å²) in [5.41, 5.74) is 2.96. The molecule has 4 nitrogen and oxygen atoms in total. The van der Waals surface area contributed by atoms with Gasteiger partial charge in [0, 0.05) is 24.1 Å². The van der Waals surface area contributed by atoms with E-state index >= 15 is 0 Å². The molecule has 1 saturated carbocycles.